The lowest BCUT2D eigenvalue weighted by Gasteiger charge is -2.16. The zero-order valence-electron chi connectivity index (χ0n) is 12.1. The van der Waals surface area contributed by atoms with Gasteiger partial charge in [0.15, 0.2) is 0 Å². The molecule has 1 aromatic carbocycles. The largest absolute Gasteiger partial charge is 0.471 e. The van der Waals surface area contributed by atoms with Crippen molar-refractivity contribution in [3.05, 3.63) is 42.4 Å². The molecule has 1 aliphatic rings. The van der Waals surface area contributed by atoms with Gasteiger partial charge in [-0.15, -0.1) is 4.37 Å². The number of benzene rings is 1. The highest BCUT2D eigenvalue weighted by atomic mass is 32.1. The maximum atomic E-state index is 12.6. The van der Waals surface area contributed by atoms with Crippen molar-refractivity contribution < 1.29 is 9.53 Å². The molecule has 2 aromatic heterocycles. The molecule has 1 fully saturated rings. The monoisotopic (exact) mass is 327 g/mol. The van der Waals surface area contributed by atoms with Crippen LogP contribution < -0.4 is 4.74 Å². The van der Waals surface area contributed by atoms with Gasteiger partial charge in [0.25, 0.3) is 5.91 Å². The summed E-state index contributed by atoms with van der Waals surface area (Å²) in [5.41, 5.74) is 1.86. The molecule has 0 radical (unpaired) electrons. The fourth-order valence-corrected chi connectivity index (χ4v) is 2.96. The Morgan fingerprint density at radius 2 is 2.13 bits per heavy atom. The highest BCUT2D eigenvalue weighted by Crippen LogP contribution is 2.18. The van der Waals surface area contributed by atoms with Gasteiger partial charge in [-0.25, -0.2) is 4.98 Å². The molecule has 4 rings (SSSR count). The van der Waals surface area contributed by atoms with Crippen molar-refractivity contribution in [2.45, 2.75) is 12.5 Å². The van der Waals surface area contributed by atoms with Gasteiger partial charge in [-0.2, -0.15) is 4.37 Å². The molecular weight excluding hydrogens is 314 g/mol. The first-order valence-corrected chi connectivity index (χ1v) is 7.98. The summed E-state index contributed by atoms with van der Waals surface area (Å²) >= 11 is 1.10. The first kappa shape index (κ1) is 14.0. The number of carbonyl (C=O) groups is 1. The van der Waals surface area contributed by atoms with Crippen molar-refractivity contribution in [3.63, 3.8) is 0 Å². The maximum Gasteiger partial charge on any atom is 0.274 e. The molecule has 1 atom stereocenters. The van der Waals surface area contributed by atoms with Gasteiger partial charge in [-0.1, -0.05) is 12.1 Å². The minimum absolute atomic E-state index is 0.0590. The minimum Gasteiger partial charge on any atom is -0.471 e. The zero-order valence-corrected chi connectivity index (χ0v) is 12.9. The van der Waals surface area contributed by atoms with Crippen LogP contribution in [-0.4, -0.2) is 48.7 Å². The maximum absolute atomic E-state index is 12.6. The van der Waals surface area contributed by atoms with Crippen LogP contribution >= 0.6 is 11.7 Å². The van der Waals surface area contributed by atoms with Crippen LogP contribution in [0.3, 0.4) is 0 Å². The van der Waals surface area contributed by atoms with E-state index >= 15 is 0 Å². The van der Waals surface area contributed by atoms with E-state index in [4.69, 9.17) is 4.74 Å². The van der Waals surface area contributed by atoms with Crippen molar-refractivity contribution in [1.82, 2.24) is 23.6 Å². The highest BCUT2D eigenvalue weighted by Gasteiger charge is 2.29. The average Bonchev–Trinajstić information content (AvgIpc) is 3.26. The molecule has 0 spiro atoms. The molecule has 1 amide bonds. The summed E-state index contributed by atoms with van der Waals surface area (Å²) in [6.45, 7) is 1.15. The fraction of sp³-hybridized carbons (Fsp3) is 0.267. The van der Waals surface area contributed by atoms with Crippen molar-refractivity contribution >= 4 is 28.7 Å². The van der Waals surface area contributed by atoms with E-state index in [1.807, 2.05) is 24.3 Å². The molecule has 116 valence electrons. The molecule has 3 heterocycles. The number of carbonyl (C=O) groups excluding carboxylic acids is 1. The lowest BCUT2D eigenvalue weighted by atomic mass is 10.3. The van der Waals surface area contributed by atoms with E-state index in [9.17, 15) is 4.79 Å². The summed E-state index contributed by atoms with van der Waals surface area (Å²) < 4.78 is 13.6. The van der Waals surface area contributed by atoms with Gasteiger partial charge in [0.1, 0.15) is 18.0 Å². The molecule has 8 heteroatoms. The van der Waals surface area contributed by atoms with Crippen molar-refractivity contribution in [3.8, 4) is 5.88 Å². The number of ether oxygens (including phenoxy) is 1. The third-order valence-electron chi connectivity index (χ3n) is 3.73. The van der Waals surface area contributed by atoms with Crippen molar-refractivity contribution in [2.75, 3.05) is 13.1 Å². The molecule has 0 bridgehead atoms. The number of rotatable bonds is 3. The van der Waals surface area contributed by atoms with Gasteiger partial charge in [0, 0.05) is 13.0 Å². The van der Waals surface area contributed by atoms with Crippen LogP contribution in [0.4, 0.5) is 0 Å². The fourth-order valence-electron chi connectivity index (χ4n) is 2.61. The van der Waals surface area contributed by atoms with E-state index < -0.39 is 0 Å². The average molecular weight is 327 g/mol. The van der Waals surface area contributed by atoms with Gasteiger partial charge in [0.2, 0.25) is 5.88 Å². The van der Waals surface area contributed by atoms with Crippen LogP contribution in [0, 0.1) is 0 Å². The SMILES string of the molecule is O=C(c1cnc2ccccc2n1)N1CCC(Oc2cnsn2)C1. The second kappa shape index (κ2) is 5.88. The van der Waals surface area contributed by atoms with Gasteiger partial charge < -0.3 is 9.64 Å². The lowest BCUT2D eigenvalue weighted by molar-refractivity contribution is 0.0765. The third-order valence-corrected chi connectivity index (χ3v) is 4.19. The van der Waals surface area contributed by atoms with Gasteiger partial charge in [-0.3, -0.25) is 9.78 Å². The minimum atomic E-state index is -0.120. The number of amides is 1. The Morgan fingerprint density at radius 1 is 1.26 bits per heavy atom. The summed E-state index contributed by atoms with van der Waals surface area (Å²) in [6.07, 6.45) is 3.83. The standard InChI is InChI=1S/C15H13N5O2S/c21-15(13-7-16-11-3-1-2-4-12(11)18-13)20-6-5-10(9-20)22-14-8-17-23-19-14/h1-4,7-8,10H,5-6,9H2. The summed E-state index contributed by atoms with van der Waals surface area (Å²) in [4.78, 5) is 23.0. The summed E-state index contributed by atoms with van der Waals surface area (Å²) in [7, 11) is 0. The highest BCUT2D eigenvalue weighted by molar-refractivity contribution is 6.99. The van der Waals surface area contributed by atoms with Gasteiger partial charge >= 0.3 is 0 Å². The second-order valence-electron chi connectivity index (χ2n) is 5.27. The van der Waals surface area contributed by atoms with Gasteiger partial charge in [-0.05, 0) is 12.1 Å². The molecule has 0 saturated carbocycles. The molecule has 23 heavy (non-hydrogen) atoms. The topological polar surface area (TPSA) is 81.1 Å². The molecule has 1 saturated heterocycles. The van der Waals surface area contributed by atoms with Crippen LogP contribution in [0.1, 0.15) is 16.9 Å². The molecule has 1 aliphatic heterocycles. The molecular formula is C15H13N5O2S. The Hall–Kier alpha value is -2.61. The first-order valence-electron chi connectivity index (χ1n) is 7.25. The summed E-state index contributed by atoms with van der Waals surface area (Å²) in [5, 5.41) is 0. The second-order valence-corrected chi connectivity index (χ2v) is 5.83. The number of aromatic nitrogens is 4. The number of hydrogen-bond donors (Lipinski definition) is 0. The molecule has 0 N–H and O–H groups in total. The predicted molar refractivity (Wildman–Crippen MR) is 84.4 cm³/mol. The van der Waals surface area contributed by atoms with E-state index in [1.54, 1.807) is 11.1 Å². The number of para-hydroxylation sites is 2. The number of hydrogen-bond acceptors (Lipinski definition) is 7. The Morgan fingerprint density at radius 3 is 2.96 bits per heavy atom. The van der Waals surface area contributed by atoms with Crippen LogP contribution in [0.15, 0.2) is 36.7 Å². The van der Waals surface area contributed by atoms with Crippen LogP contribution in [0.2, 0.25) is 0 Å². The Bertz CT molecular complexity index is 839. The zero-order chi connectivity index (χ0) is 15.6. The van der Waals surface area contributed by atoms with Crippen molar-refractivity contribution in [2.24, 2.45) is 0 Å². The molecule has 7 nitrogen and oxygen atoms in total. The quantitative estimate of drug-likeness (QED) is 0.729. The Labute approximate surface area is 136 Å². The predicted octanol–water partition coefficient (Wildman–Crippen LogP) is 1.77. The number of likely N-dealkylation sites (tertiary alicyclic amines) is 1. The summed E-state index contributed by atoms with van der Waals surface area (Å²) in [6, 6.07) is 7.50. The molecule has 1 unspecified atom stereocenters. The Kier molecular flexibility index (Phi) is 3.58. The number of fused-ring (bicyclic) bond motifs is 1. The smallest absolute Gasteiger partial charge is 0.274 e. The molecule has 3 aromatic rings. The molecule has 0 aliphatic carbocycles. The third kappa shape index (κ3) is 2.85. The summed E-state index contributed by atoms with van der Waals surface area (Å²) in [5.74, 6) is 0.394. The van der Waals surface area contributed by atoms with Crippen LogP contribution in [-0.2, 0) is 0 Å². The van der Waals surface area contributed by atoms with E-state index in [1.165, 1.54) is 6.20 Å². The Balaban J connectivity index is 1.48. The lowest BCUT2D eigenvalue weighted by Crippen LogP contribution is -2.31. The van der Waals surface area contributed by atoms with Gasteiger partial charge in [0.05, 0.1) is 35.5 Å². The van der Waals surface area contributed by atoms with Crippen molar-refractivity contribution in [1.29, 1.82) is 0 Å². The normalized spacial score (nSPS) is 17.6. The van der Waals surface area contributed by atoms with Crippen LogP contribution in [0.5, 0.6) is 5.88 Å². The van der Waals surface area contributed by atoms with Crippen LogP contribution in [0.25, 0.3) is 11.0 Å². The first-order chi connectivity index (χ1) is 11.3. The number of nitrogens with zero attached hydrogens (tertiary/aromatic N) is 5. The van der Waals surface area contributed by atoms with E-state index in [-0.39, 0.29) is 12.0 Å². The van der Waals surface area contributed by atoms with E-state index in [0.717, 1.165) is 29.2 Å². The van der Waals surface area contributed by atoms with E-state index in [2.05, 4.69) is 18.7 Å². The van der Waals surface area contributed by atoms with E-state index in [0.29, 0.717) is 24.7 Å².